The van der Waals surface area contributed by atoms with Crippen molar-refractivity contribution in [3.8, 4) is 0 Å². The quantitative estimate of drug-likeness (QED) is 0.801. The molecule has 0 spiro atoms. The van der Waals surface area contributed by atoms with E-state index in [0.717, 1.165) is 32.2 Å². The molecule has 0 aliphatic heterocycles. The number of anilines is 1. The fourth-order valence-electron chi connectivity index (χ4n) is 2.66. The van der Waals surface area contributed by atoms with E-state index in [1.165, 1.54) is 11.3 Å². The van der Waals surface area contributed by atoms with Gasteiger partial charge in [-0.3, -0.25) is 4.79 Å². The molecular weight excluding hydrogens is 308 g/mol. The molecule has 0 atom stereocenters. The van der Waals surface area contributed by atoms with Crippen LogP contribution in [0.15, 0.2) is 30.5 Å². The molecule has 0 unspecified atom stereocenters. The molecule has 120 valence electrons. The average Bonchev–Trinajstić information content (AvgIpc) is 3.06. The molecule has 0 saturated heterocycles. The number of carbonyl (C=O) groups is 1. The van der Waals surface area contributed by atoms with Gasteiger partial charge < -0.3 is 14.8 Å². The van der Waals surface area contributed by atoms with Gasteiger partial charge in [-0.05, 0) is 23.9 Å². The first-order valence-corrected chi connectivity index (χ1v) is 8.25. The molecule has 23 heavy (non-hydrogen) atoms. The van der Waals surface area contributed by atoms with Crippen molar-refractivity contribution in [2.75, 3.05) is 19.0 Å². The summed E-state index contributed by atoms with van der Waals surface area (Å²) in [6.07, 6.45) is 1.80. The minimum Gasteiger partial charge on any atom is -0.348 e. The van der Waals surface area contributed by atoms with Crippen molar-refractivity contribution in [3.05, 3.63) is 46.6 Å². The van der Waals surface area contributed by atoms with Crippen molar-refractivity contribution >= 4 is 33.3 Å². The molecule has 5 nitrogen and oxygen atoms in total. The van der Waals surface area contributed by atoms with Crippen molar-refractivity contribution in [2.45, 2.75) is 13.5 Å². The Morgan fingerprint density at radius 3 is 2.74 bits per heavy atom. The molecule has 1 aromatic carbocycles. The van der Waals surface area contributed by atoms with E-state index < -0.39 is 0 Å². The summed E-state index contributed by atoms with van der Waals surface area (Å²) in [6.45, 7) is 2.46. The molecular formula is C17H20N4OS. The Kier molecular flexibility index (Phi) is 4.09. The van der Waals surface area contributed by atoms with Gasteiger partial charge in [0.2, 0.25) is 5.95 Å². The van der Waals surface area contributed by atoms with Crippen molar-refractivity contribution in [1.29, 1.82) is 0 Å². The maximum Gasteiger partial charge on any atom is 0.261 e. The largest absolute Gasteiger partial charge is 0.348 e. The first kappa shape index (κ1) is 15.6. The van der Waals surface area contributed by atoms with Gasteiger partial charge in [0, 0.05) is 25.8 Å². The zero-order valence-corrected chi connectivity index (χ0v) is 14.6. The van der Waals surface area contributed by atoms with Gasteiger partial charge in [0.25, 0.3) is 5.91 Å². The number of carbonyl (C=O) groups excluding carboxylic acids is 1. The number of benzene rings is 1. The van der Waals surface area contributed by atoms with E-state index in [1.807, 2.05) is 55.7 Å². The lowest BCUT2D eigenvalue weighted by Gasteiger charge is -2.12. The van der Waals surface area contributed by atoms with Crippen LogP contribution in [-0.4, -0.2) is 29.6 Å². The molecule has 0 saturated carbocycles. The predicted octanol–water partition coefficient (Wildman–Crippen LogP) is 2.94. The maximum atomic E-state index is 12.5. The van der Waals surface area contributed by atoms with Gasteiger partial charge >= 0.3 is 0 Å². The normalized spacial score (nSPS) is 11.0. The van der Waals surface area contributed by atoms with Gasteiger partial charge in [0.15, 0.2) is 0 Å². The lowest BCUT2D eigenvalue weighted by atomic mass is 10.1. The SMILES string of the molecule is Cc1c(C(=O)NCc2cnc(N(C)C)n2C)sc2ccccc12. The Hall–Kier alpha value is -2.34. The zero-order valence-electron chi connectivity index (χ0n) is 13.8. The van der Waals surface area contributed by atoms with Crippen LogP contribution in [0.1, 0.15) is 20.9 Å². The number of hydrogen-bond acceptors (Lipinski definition) is 4. The minimum atomic E-state index is -0.0312. The van der Waals surface area contributed by atoms with Crippen molar-refractivity contribution < 1.29 is 4.79 Å². The zero-order chi connectivity index (χ0) is 16.6. The Morgan fingerprint density at radius 2 is 2.09 bits per heavy atom. The number of aromatic nitrogens is 2. The number of thiophene rings is 1. The highest BCUT2D eigenvalue weighted by atomic mass is 32.1. The third kappa shape index (κ3) is 2.82. The fraction of sp³-hybridized carbons (Fsp3) is 0.294. The van der Waals surface area contributed by atoms with Crippen molar-refractivity contribution in [2.24, 2.45) is 7.05 Å². The van der Waals surface area contributed by atoms with Gasteiger partial charge in [-0.1, -0.05) is 18.2 Å². The second kappa shape index (κ2) is 6.04. The summed E-state index contributed by atoms with van der Waals surface area (Å²) >= 11 is 1.54. The van der Waals surface area contributed by atoms with E-state index in [0.29, 0.717) is 6.54 Å². The number of hydrogen-bond donors (Lipinski definition) is 1. The molecule has 6 heteroatoms. The van der Waals surface area contributed by atoms with Crippen LogP contribution in [0.25, 0.3) is 10.1 Å². The number of nitrogens with zero attached hydrogens (tertiary/aromatic N) is 3. The Labute approximate surface area is 139 Å². The summed E-state index contributed by atoms with van der Waals surface area (Å²) in [5, 5.41) is 4.15. The van der Waals surface area contributed by atoms with E-state index in [9.17, 15) is 4.79 Å². The second-order valence-corrected chi connectivity index (χ2v) is 6.79. The third-order valence-corrected chi connectivity index (χ3v) is 5.21. The predicted molar refractivity (Wildman–Crippen MR) is 95.3 cm³/mol. The molecule has 1 N–H and O–H groups in total. The number of rotatable bonds is 4. The van der Waals surface area contributed by atoms with Gasteiger partial charge in [-0.2, -0.15) is 0 Å². The highest BCUT2D eigenvalue weighted by Gasteiger charge is 2.16. The van der Waals surface area contributed by atoms with Crippen LogP contribution >= 0.6 is 11.3 Å². The molecule has 0 radical (unpaired) electrons. The standard InChI is InChI=1S/C17H20N4OS/c1-11-13-7-5-6-8-14(13)23-15(11)16(22)18-9-12-10-19-17(20(2)3)21(12)4/h5-8,10H,9H2,1-4H3,(H,18,22). The maximum absolute atomic E-state index is 12.5. The van der Waals surface area contributed by atoms with Gasteiger partial charge in [0.1, 0.15) is 0 Å². The van der Waals surface area contributed by atoms with Crippen LogP contribution < -0.4 is 10.2 Å². The van der Waals surface area contributed by atoms with E-state index in [1.54, 1.807) is 6.20 Å². The van der Waals surface area contributed by atoms with Gasteiger partial charge in [-0.25, -0.2) is 4.98 Å². The lowest BCUT2D eigenvalue weighted by Crippen LogP contribution is -2.24. The number of fused-ring (bicyclic) bond motifs is 1. The molecule has 0 aliphatic rings. The lowest BCUT2D eigenvalue weighted by molar-refractivity contribution is 0.0954. The number of nitrogens with one attached hydrogen (secondary N) is 1. The first-order chi connectivity index (χ1) is 11.0. The Morgan fingerprint density at radius 1 is 1.35 bits per heavy atom. The van der Waals surface area contributed by atoms with Crippen molar-refractivity contribution in [3.63, 3.8) is 0 Å². The van der Waals surface area contributed by atoms with Crippen LogP contribution in [0.2, 0.25) is 0 Å². The molecule has 2 aromatic heterocycles. The van der Waals surface area contributed by atoms with E-state index in [4.69, 9.17) is 0 Å². The minimum absolute atomic E-state index is 0.0312. The fourth-order valence-corrected chi connectivity index (χ4v) is 3.78. The number of amides is 1. The summed E-state index contributed by atoms with van der Waals surface area (Å²) < 4.78 is 3.13. The molecule has 0 aliphatic carbocycles. The first-order valence-electron chi connectivity index (χ1n) is 7.43. The highest BCUT2D eigenvalue weighted by Crippen LogP contribution is 2.30. The van der Waals surface area contributed by atoms with Crippen LogP contribution in [-0.2, 0) is 13.6 Å². The van der Waals surface area contributed by atoms with E-state index >= 15 is 0 Å². The van der Waals surface area contributed by atoms with Crippen LogP contribution in [0, 0.1) is 6.92 Å². The number of aryl methyl sites for hydroxylation is 1. The van der Waals surface area contributed by atoms with Crippen LogP contribution in [0.5, 0.6) is 0 Å². The summed E-state index contributed by atoms with van der Waals surface area (Å²) in [7, 11) is 5.85. The van der Waals surface area contributed by atoms with Crippen molar-refractivity contribution in [1.82, 2.24) is 14.9 Å². The van der Waals surface area contributed by atoms with Crippen LogP contribution in [0.4, 0.5) is 5.95 Å². The summed E-state index contributed by atoms with van der Waals surface area (Å²) in [6, 6.07) is 8.11. The highest BCUT2D eigenvalue weighted by molar-refractivity contribution is 7.21. The smallest absolute Gasteiger partial charge is 0.261 e. The second-order valence-electron chi connectivity index (χ2n) is 5.74. The van der Waals surface area contributed by atoms with E-state index in [2.05, 4.69) is 16.4 Å². The van der Waals surface area contributed by atoms with Gasteiger partial charge in [-0.15, -0.1) is 11.3 Å². The monoisotopic (exact) mass is 328 g/mol. The molecule has 0 fully saturated rings. The average molecular weight is 328 g/mol. The molecule has 1 amide bonds. The van der Waals surface area contributed by atoms with Crippen LogP contribution in [0.3, 0.4) is 0 Å². The van der Waals surface area contributed by atoms with E-state index in [-0.39, 0.29) is 5.91 Å². The summed E-state index contributed by atoms with van der Waals surface area (Å²) in [5.41, 5.74) is 2.02. The molecule has 2 heterocycles. The molecule has 3 rings (SSSR count). The summed E-state index contributed by atoms with van der Waals surface area (Å²) in [5.74, 6) is 0.837. The Balaban J connectivity index is 1.78. The topological polar surface area (TPSA) is 50.2 Å². The number of imidazole rings is 1. The molecule has 0 bridgehead atoms. The Bertz CT molecular complexity index is 863. The van der Waals surface area contributed by atoms with Gasteiger partial charge in [0.05, 0.1) is 23.3 Å². The third-order valence-electron chi connectivity index (χ3n) is 3.94. The molecule has 3 aromatic rings. The summed E-state index contributed by atoms with van der Waals surface area (Å²) in [4.78, 5) is 19.6.